The number of carbonyl (C=O) groups is 3. The van der Waals surface area contributed by atoms with E-state index in [1.165, 1.54) is 4.90 Å². The Bertz CT molecular complexity index is 1240. The van der Waals surface area contributed by atoms with Crippen LogP contribution in [0.4, 0.5) is 4.79 Å². The summed E-state index contributed by atoms with van der Waals surface area (Å²) < 4.78 is 5.99. The minimum atomic E-state index is -1.17. The van der Waals surface area contributed by atoms with E-state index in [9.17, 15) is 14.4 Å². The fourth-order valence-electron chi connectivity index (χ4n) is 4.48. The highest BCUT2D eigenvalue weighted by atomic mass is 16.5. The standard InChI is InChI=1S/C25H24N4O4/c26-25(12-13-29(23(25)31)14-21-22(30)28-24(32)27-21)18-8-10-19(11-9-18)33-15-17-6-3-5-16-4-1-2-7-20(16)17/h1-11,21H,12-15,26H2,(H2,27,28,30,32). The quantitative estimate of drug-likeness (QED) is 0.504. The minimum absolute atomic E-state index is 0.0988. The van der Waals surface area contributed by atoms with Crippen molar-refractivity contribution in [3.63, 3.8) is 0 Å². The maximum Gasteiger partial charge on any atom is 0.322 e. The molecule has 3 aromatic rings. The van der Waals surface area contributed by atoms with E-state index in [4.69, 9.17) is 10.5 Å². The number of rotatable bonds is 6. The van der Waals surface area contributed by atoms with Gasteiger partial charge in [0, 0.05) is 6.54 Å². The molecule has 5 rings (SSSR count). The predicted octanol–water partition coefficient (Wildman–Crippen LogP) is 2.01. The van der Waals surface area contributed by atoms with Crippen LogP contribution in [0.1, 0.15) is 17.5 Å². The predicted molar refractivity (Wildman–Crippen MR) is 122 cm³/mol. The fourth-order valence-corrected chi connectivity index (χ4v) is 4.48. The summed E-state index contributed by atoms with van der Waals surface area (Å²) in [6.45, 7) is 0.937. The lowest BCUT2D eigenvalue weighted by Gasteiger charge is -2.25. The number of urea groups is 1. The van der Waals surface area contributed by atoms with E-state index in [1.54, 1.807) is 0 Å². The van der Waals surface area contributed by atoms with Gasteiger partial charge in [-0.3, -0.25) is 14.9 Å². The number of imide groups is 1. The van der Waals surface area contributed by atoms with Crippen molar-refractivity contribution in [2.75, 3.05) is 13.1 Å². The average Bonchev–Trinajstić information content (AvgIpc) is 3.30. The Hall–Kier alpha value is -3.91. The van der Waals surface area contributed by atoms with E-state index in [0.717, 1.165) is 16.3 Å². The number of nitrogens with two attached hydrogens (primary N) is 1. The highest BCUT2D eigenvalue weighted by Gasteiger charge is 2.46. The summed E-state index contributed by atoms with van der Waals surface area (Å²) >= 11 is 0. The third-order valence-corrected chi connectivity index (χ3v) is 6.35. The topological polar surface area (TPSA) is 114 Å². The molecule has 0 aliphatic carbocycles. The molecule has 0 radical (unpaired) electrons. The van der Waals surface area contributed by atoms with Crippen molar-refractivity contribution in [1.29, 1.82) is 0 Å². The lowest BCUT2D eigenvalue weighted by Crippen LogP contribution is -2.48. The fraction of sp³-hybridized carbons (Fsp3) is 0.240. The van der Waals surface area contributed by atoms with Crippen LogP contribution in [-0.2, 0) is 21.7 Å². The molecule has 2 heterocycles. The number of hydrogen-bond acceptors (Lipinski definition) is 5. The lowest BCUT2D eigenvalue weighted by molar-refractivity contribution is -0.133. The van der Waals surface area contributed by atoms with Gasteiger partial charge in [-0.1, -0.05) is 54.6 Å². The molecular weight excluding hydrogens is 420 g/mol. The Kier molecular flexibility index (Phi) is 5.22. The van der Waals surface area contributed by atoms with Gasteiger partial charge in [0.25, 0.3) is 5.91 Å². The van der Waals surface area contributed by atoms with E-state index < -0.39 is 23.5 Å². The van der Waals surface area contributed by atoms with Crippen molar-refractivity contribution >= 4 is 28.6 Å². The molecule has 0 aromatic heterocycles. The number of ether oxygens (including phenoxy) is 1. The molecule has 2 unspecified atom stereocenters. The van der Waals surface area contributed by atoms with Gasteiger partial charge >= 0.3 is 6.03 Å². The second-order valence-electron chi connectivity index (χ2n) is 8.44. The third-order valence-electron chi connectivity index (χ3n) is 6.35. The first kappa shape index (κ1) is 21.0. The van der Waals surface area contributed by atoms with Crippen LogP contribution in [0.3, 0.4) is 0 Å². The Morgan fingerprint density at radius 2 is 1.76 bits per heavy atom. The number of benzene rings is 3. The van der Waals surface area contributed by atoms with E-state index in [1.807, 2.05) is 48.5 Å². The number of nitrogens with one attached hydrogen (secondary N) is 2. The lowest BCUT2D eigenvalue weighted by atomic mass is 9.89. The minimum Gasteiger partial charge on any atom is -0.489 e. The summed E-state index contributed by atoms with van der Waals surface area (Å²) in [5.41, 5.74) is 7.12. The molecule has 0 spiro atoms. The maximum atomic E-state index is 13.0. The molecule has 2 aliphatic rings. The zero-order valence-electron chi connectivity index (χ0n) is 17.9. The maximum absolute atomic E-state index is 13.0. The molecule has 168 valence electrons. The molecule has 3 aromatic carbocycles. The van der Waals surface area contributed by atoms with Gasteiger partial charge in [-0.15, -0.1) is 0 Å². The molecule has 2 aliphatic heterocycles. The zero-order chi connectivity index (χ0) is 23.0. The van der Waals surface area contributed by atoms with E-state index in [2.05, 4.69) is 28.8 Å². The summed E-state index contributed by atoms with van der Waals surface area (Å²) in [6.07, 6.45) is 0.421. The van der Waals surface area contributed by atoms with Crippen LogP contribution < -0.4 is 21.1 Å². The number of fused-ring (bicyclic) bond motifs is 1. The number of amides is 4. The van der Waals surface area contributed by atoms with E-state index in [0.29, 0.717) is 30.9 Å². The summed E-state index contributed by atoms with van der Waals surface area (Å²) in [5, 5.41) is 7.01. The molecule has 8 heteroatoms. The normalized spacial score (nSPS) is 22.5. The summed E-state index contributed by atoms with van der Waals surface area (Å²) in [6, 6.07) is 20.3. The first-order chi connectivity index (χ1) is 15.9. The molecule has 0 bridgehead atoms. The van der Waals surface area contributed by atoms with Crippen LogP contribution in [0.25, 0.3) is 10.8 Å². The van der Waals surface area contributed by atoms with Crippen molar-refractivity contribution in [1.82, 2.24) is 15.5 Å². The number of hydrogen-bond donors (Lipinski definition) is 3. The van der Waals surface area contributed by atoms with E-state index >= 15 is 0 Å². The van der Waals surface area contributed by atoms with Gasteiger partial charge in [-0.2, -0.15) is 0 Å². The Balaban J connectivity index is 1.25. The van der Waals surface area contributed by atoms with Gasteiger partial charge in [0.2, 0.25) is 5.91 Å². The van der Waals surface area contributed by atoms with Gasteiger partial charge in [-0.25, -0.2) is 4.79 Å². The summed E-state index contributed by atoms with van der Waals surface area (Å²) in [7, 11) is 0. The van der Waals surface area contributed by atoms with Gasteiger partial charge in [0.15, 0.2) is 0 Å². The molecule has 2 fully saturated rings. The van der Waals surface area contributed by atoms with Gasteiger partial charge in [0.1, 0.15) is 23.9 Å². The first-order valence-corrected chi connectivity index (χ1v) is 10.8. The SMILES string of the molecule is NC1(c2ccc(OCc3cccc4ccccc34)cc2)CCN(CC2NC(=O)NC2=O)C1=O. The van der Waals surface area contributed by atoms with Crippen molar-refractivity contribution < 1.29 is 19.1 Å². The molecule has 4 amide bonds. The molecule has 2 atom stereocenters. The third kappa shape index (κ3) is 3.89. The highest BCUT2D eigenvalue weighted by molar-refractivity contribution is 6.04. The Morgan fingerprint density at radius 1 is 1.00 bits per heavy atom. The molecule has 4 N–H and O–H groups in total. The molecule has 2 saturated heterocycles. The first-order valence-electron chi connectivity index (χ1n) is 10.8. The second-order valence-corrected chi connectivity index (χ2v) is 8.44. The summed E-state index contributed by atoms with van der Waals surface area (Å²) in [4.78, 5) is 37.7. The largest absolute Gasteiger partial charge is 0.489 e. The average molecular weight is 444 g/mol. The van der Waals surface area contributed by atoms with Crippen LogP contribution in [0.15, 0.2) is 66.7 Å². The Morgan fingerprint density at radius 3 is 2.52 bits per heavy atom. The van der Waals surface area contributed by atoms with Crippen molar-refractivity contribution in [2.24, 2.45) is 5.73 Å². The van der Waals surface area contributed by atoms with Crippen LogP contribution >= 0.6 is 0 Å². The zero-order valence-corrected chi connectivity index (χ0v) is 17.9. The van der Waals surface area contributed by atoms with Crippen LogP contribution in [0, 0.1) is 0 Å². The monoisotopic (exact) mass is 444 g/mol. The number of carbonyl (C=O) groups excluding carboxylic acids is 3. The van der Waals surface area contributed by atoms with Gasteiger partial charge < -0.3 is 20.7 Å². The number of nitrogens with zero attached hydrogens (tertiary/aromatic N) is 1. The van der Waals surface area contributed by atoms with Gasteiger partial charge in [-0.05, 0) is 40.5 Å². The molecular formula is C25H24N4O4. The van der Waals surface area contributed by atoms with Crippen molar-refractivity contribution in [3.8, 4) is 5.75 Å². The smallest absolute Gasteiger partial charge is 0.322 e. The number of likely N-dealkylation sites (tertiary alicyclic amines) is 1. The molecule has 8 nitrogen and oxygen atoms in total. The van der Waals surface area contributed by atoms with Crippen molar-refractivity contribution in [2.45, 2.75) is 24.6 Å². The Labute approximate surface area is 190 Å². The molecule has 0 saturated carbocycles. The van der Waals surface area contributed by atoms with Gasteiger partial charge in [0.05, 0.1) is 6.54 Å². The molecule has 33 heavy (non-hydrogen) atoms. The van der Waals surface area contributed by atoms with Crippen LogP contribution in [0.2, 0.25) is 0 Å². The summed E-state index contributed by atoms with van der Waals surface area (Å²) in [5.74, 6) is -0.0150. The van der Waals surface area contributed by atoms with Crippen LogP contribution in [0.5, 0.6) is 5.75 Å². The van der Waals surface area contributed by atoms with Crippen LogP contribution in [-0.4, -0.2) is 41.9 Å². The van der Waals surface area contributed by atoms with E-state index in [-0.39, 0.29) is 12.5 Å². The van der Waals surface area contributed by atoms with Crippen molar-refractivity contribution in [3.05, 3.63) is 77.9 Å². The second kappa shape index (κ2) is 8.22. The highest BCUT2D eigenvalue weighted by Crippen LogP contribution is 2.32.